The summed E-state index contributed by atoms with van der Waals surface area (Å²) in [5.74, 6) is 0. The molecule has 0 amide bonds. The van der Waals surface area contributed by atoms with Crippen LogP contribution in [0.25, 0.3) is 21.8 Å². The van der Waals surface area contributed by atoms with Crippen LogP contribution in [0.1, 0.15) is 0 Å². The Morgan fingerprint density at radius 3 is 2.50 bits per heavy atom. The van der Waals surface area contributed by atoms with E-state index in [1.54, 1.807) is 0 Å². The SMILES string of the molecule is Clc1ccc2nc3ccccc3cc2c1.O1O[Si]=[Si][Si]1. The third-order valence-electron chi connectivity index (χ3n) is 2.71. The van der Waals surface area contributed by atoms with Gasteiger partial charge in [-0.2, -0.15) is 0 Å². The Bertz CT molecular complexity index is 776. The third kappa shape index (κ3) is 3.28. The van der Waals surface area contributed by atoms with Crippen LogP contribution in [0.3, 0.4) is 0 Å². The van der Waals surface area contributed by atoms with E-state index < -0.39 is 0 Å². The third-order valence-corrected chi connectivity index (χ3v) is 6.59. The zero-order chi connectivity index (χ0) is 13.8. The van der Waals surface area contributed by atoms with Crippen LogP contribution in [0.2, 0.25) is 5.02 Å². The number of pyridine rings is 1. The fraction of sp³-hybridized carbons (Fsp3) is 0. The summed E-state index contributed by atoms with van der Waals surface area (Å²) in [7, 11) is 2.17. The largest absolute Gasteiger partial charge is 0.425 e. The van der Waals surface area contributed by atoms with Crippen molar-refractivity contribution in [3.05, 3.63) is 53.6 Å². The maximum atomic E-state index is 5.94. The van der Waals surface area contributed by atoms with E-state index in [4.69, 9.17) is 11.6 Å². The number of fused-ring (bicyclic) bond motifs is 2. The first-order chi connectivity index (χ1) is 9.83. The molecule has 96 valence electrons. The first-order valence-electron chi connectivity index (χ1n) is 5.85. The molecule has 20 heavy (non-hydrogen) atoms. The molecule has 1 aliphatic heterocycles. The maximum Gasteiger partial charge on any atom is 0.301 e. The van der Waals surface area contributed by atoms with E-state index in [2.05, 4.69) is 26.3 Å². The van der Waals surface area contributed by atoms with Gasteiger partial charge in [-0.05, 0) is 30.3 Å². The van der Waals surface area contributed by atoms with E-state index >= 15 is 0 Å². The number of halogens is 1. The van der Waals surface area contributed by atoms with Crippen LogP contribution in [0.4, 0.5) is 0 Å². The summed E-state index contributed by atoms with van der Waals surface area (Å²) in [6, 6.07) is 16.0. The van der Waals surface area contributed by atoms with Gasteiger partial charge in [-0.3, -0.25) is 4.58 Å². The molecule has 0 N–H and O–H groups in total. The van der Waals surface area contributed by atoms with Gasteiger partial charge in [0.25, 0.3) is 0 Å². The first-order valence-corrected chi connectivity index (χ1v) is 11.0. The standard InChI is InChI=1S/C13H8ClN.O2Si3/c14-11-5-6-13-10(8-11)7-9-3-1-2-4-12(9)15-13;1-2-4-5-3-1/h1-8H;. The lowest BCUT2D eigenvalue weighted by Gasteiger charge is -2.01. The molecule has 0 saturated heterocycles. The Labute approximate surface area is 127 Å². The van der Waals surface area contributed by atoms with Crippen LogP contribution in [-0.4, -0.2) is 31.3 Å². The minimum atomic E-state index is 0.627. The Balaban J connectivity index is 0.000000205. The normalized spacial score (nSPS) is 13.1. The molecule has 0 fully saturated rings. The Morgan fingerprint density at radius 1 is 0.900 bits per heavy atom. The molecule has 0 aliphatic carbocycles. The average molecular weight is 330 g/mol. The van der Waals surface area contributed by atoms with Gasteiger partial charge in [0.2, 0.25) is 0 Å². The Hall–Kier alpha value is -1.19. The van der Waals surface area contributed by atoms with Crippen LogP contribution in [0.5, 0.6) is 0 Å². The predicted octanol–water partition coefficient (Wildman–Crippen LogP) is 2.76. The van der Waals surface area contributed by atoms with Crippen molar-refractivity contribution in [3.8, 4) is 0 Å². The molecule has 3 aromatic rings. The summed E-state index contributed by atoms with van der Waals surface area (Å²) < 4.78 is 8.99. The summed E-state index contributed by atoms with van der Waals surface area (Å²) in [5, 5.41) is 2.98. The molecular weight excluding hydrogens is 322 g/mol. The molecule has 0 spiro atoms. The highest BCUT2D eigenvalue weighted by atomic mass is 35.5. The molecule has 0 saturated carbocycles. The van der Waals surface area contributed by atoms with Crippen LogP contribution in [0, 0.1) is 0 Å². The Kier molecular flexibility index (Phi) is 4.48. The molecule has 4 radical (unpaired) electrons. The second-order valence-electron chi connectivity index (χ2n) is 4.01. The number of nitrogens with zero attached hydrogens (tertiary/aromatic N) is 1. The van der Waals surface area contributed by atoms with E-state index in [-0.39, 0.29) is 0 Å². The number of hydrogen-bond donors (Lipinski definition) is 0. The smallest absolute Gasteiger partial charge is 0.301 e. The van der Waals surface area contributed by atoms with Crippen molar-refractivity contribution in [2.75, 3.05) is 0 Å². The summed E-state index contributed by atoms with van der Waals surface area (Å²) >= 11 is 5.94. The lowest BCUT2D eigenvalue weighted by Crippen LogP contribution is -1.86. The summed E-state index contributed by atoms with van der Waals surface area (Å²) in [6.45, 7) is 0. The zero-order valence-corrected chi connectivity index (χ0v) is 14.0. The molecule has 0 bridgehead atoms. The highest BCUT2D eigenvalue weighted by Crippen LogP contribution is 2.22. The van der Waals surface area contributed by atoms with E-state index in [1.807, 2.05) is 36.4 Å². The van der Waals surface area contributed by atoms with Crippen molar-refractivity contribution in [2.45, 2.75) is 0 Å². The minimum Gasteiger partial charge on any atom is -0.425 e. The van der Waals surface area contributed by atoms with Gasteiger partial charge in [0.05, 0.1) is 19.2 Å². The quantitative estimate of drug-likeness (QED) is 0.361. The molecule has 1 aliphatic rings. The number of hydrogen-bond acceptors (Lipinski definition) is 3. The van der Waals surface area contributed by atoms with E-state index in [0.717, 1.165) is 35.0 Å². The van der Waals surface area contributed by atoms with Gasteiger partial charge in [0.15, 0.2) is 0 Å². The van der Waals surface area contributed by atoms with E-state index in [9.17, 15) is 0 Å². The van der Waals surface area contributed by atoms with Gasteiger partial charge in [-0.1, -0.05) is 29.8 Å². The van der Waals surface area contributed by atoms with Gasteiger partial charge in [-0.25, -0.2) is 4.98 Å². The van der Waals surface area contributed by atoms with Gasteiger partial charge in [0.1, 0.15) is 0 Å². The fourth-order valence-electron chi connectivity index (χ4n) is 1.86. The lowest BCUT2D eigenvalue weighted by molar-refractivity contribution is -0.0861. The zero-order valence-electron chi connectivity index (χ0n) is 10.3. The van der Waals surface area contributed by atoms with Crippen molar-refractivity contribution in [1.82, 2.24) is 4.98 Å². The average Bonchev–Trinajstić information content (AvgIpc) is 3.04. The Morgan fingerprint density at radius 2 is 1.75 bits per heavy atom. The maximum absolute atomic E-state index is 5.94. The van der Waals surface area contributed by atoms with Gasteiger partial charge in [0, 0.05) is 15.8 Å². The van der Waals surface area contributed by atoms with Crippen LogP contribution in [0.15, 0.2) is 48.5 Å². The summed E-state index contributed by atoms with van der Waals surface area (Å²) in [4.78, 5) is 4.56. The van der Waals surface area contributed by atoms with Crippen LogP contribution in [-0.2, 0) is 9.15 Å². The van der Waals surface area contributed by atoms with Gasteiger partial charge < -0.3 is 4.58 Å². The van der Waals surface area contributed by atoms with Crippen molar-refractivity contribution >= 4 is 59.7 Å². The minimum absolute atomic E-state index is 0.627. The van der Waals surface area contributed by atoms with E-state index in [1.165, 1.54) is 0 Å². The molecule has 2 aromatic carbocycles. The van der Waals surface area contributed by atoms with Crippen molar-refractivity contribution in [3.63, 3.8) is 0 Å². The van der Waals surface area contributed by atoms with Crippen molar-refractivity contribution in [2.24, 2.45) is 0 Å². The monoisotopic (exact) mass is 329 g/mol. The highest BCUT2D eigenvalue weighted by Gasteiger charge is 1.99. The van der Waals surface area contributed by atoms with Gasteiger partial charge >= 0.3 is 18.1 Å². The van der Waals surface area contributed by atoms with Gasteiger partial charge in [-0.15, -0.1) is 0 Å². The number of para-hydroxylation sites is 1. The summed E-state index contributed by atoms with van der Waals surface area (Å²) in [6.07, 6.45) is 0. The summed E-state index contributed by atoms with van der Waals surface area (Å²) in [5.41, 5.74) is 2.01. The molecular formula is C13H8ClNO2Si3. The van der Waals surface area contributed by atoms with E-state index in [0.29, 0.717) is 18.1 Å². The lowest BCUT2D eigenvalue weighted by atomic mass is 10.1. The fourth-order valence-corrected chi connectivity index (χ4v) is 4.74. The number of rotatable bonds is 0. The van der Waals surface area contributed by atoms with Crippen LogP contribution >= 0.6 is 11.6 Å². The highest BCUT2D eigenvalue weighted by molar-refractivity contribution is 7.08. The van der Waals surface area contributed by atoms with Crippen molar-refractivity contribution < 1.29 is 9.15 Å². The molecule has 2 heterocycles. The molecule has 0 unspecified atom stereocenters. The second-order valence-corrected chi connectivity index (χ2v) is 9.67. The first kappa shape index (κ1) is 13.8. The molecule has 4 rings (SSSR count). The number of aromatic nitrogens is 1. The topological polar surface area (TPSA) is 31.4 Å². The molecule has 3 nitrogen and oxygen atoms in total. The number of benzene rings is 2. The molecule has 1 aromatic heterocycles. The van der Waals surface area contributed by atoms with Crippen molar-refractivity contribution in [1.29, 1.82) is 0 Å². The second kappa shape index (κ2) is 6.51. The molecule has 0 atom stereocenters. The predicted molar refractivity (Wildman–Crippen MR) is 83.7 cm³/mol. The molecule has 7 heteroatoms. The van der Waals surface area contributed by atoms with Crippen LogP contribution < -0.4 is 0 Å².